The number of nitrogens with zero attached hydrogens (tertiary/aromatic N) is 1. The van der Waals surface area contributed by atoms with Crippen molar-refractivity contribution in [2.75, 3.05) is 6.61 Å². The summed E-state index contributed by atoms with van der Waals surface area (Å²) in [7, 11) is 0. The van der Waals surface area contributed by atoms with Crippen LogP contribution in [0.1, 0.15) is 23.8 Å². The summed E-state index contributed by atoms with van der Waals surface area (Å²) in [4.78, 5) is 30.1. The number of thiophene rings is 1. The summed E-state index contributed by atoms with van der Waals surface area (Å²) in [6, 6.07) is 7.01. The summed E-state index contributed by atoms with van der Waals surface area (Å²) in [5.41, 5.74) is 1.05. The van der Waals surface area contributed by atoms with Gasteiger partial charge in [-0.2, -0.15) is 0 Å². The van der Waals surface area contributed by atoms with Crippen LogP contribution in [0.25, 0.3) is 15.9 Å². The molecule has 0 saturated carbocycles. The fourth-order valence-corrected chi connectivity index (χ4v) is 4.44. The van der Waals surface area contributed by atoms with Crippen LogP contribution in [-0.2, 0) is 12.8 Å². The Bertz CT molecular complexity index is 996. The number of hydrogen-bond donors (Lipinski definition) is 1. The second-order valence-corrected chi connectivity index (χ2v) is 6.66. The molecule has 0 fully saturated rings. The van der Waals surface area contributed by atoms with Crippen molar-refractivity contribution in [2.24, 2.45) is 0 Å². The van der Waals surface area contributed by atoms with Crippen molar-refractivity contribution in [3.8, 4) is 11.4 Å². The fraction of sp³-hybridized carbons (Fsp3) is 0.294. The summed E-state index contributed by atoms with van der Waals surface area (Å²) in [5, 5.41) is 0.677. The highest BCUT2D eigenvalue weighted by molar-refractivity contribution is 7.18. The van der Waals surface area contributed by atoms with Gasteiger partial charge in [0.15, 0.2) is 0 Å². The predicted octanol–water partition coefficient (Wildman–Crippen LogP) is 2.63. The van der Waals surface area contributed by atoms with Crippen molar-refractivity contribution in [3.63, 3.8) is 0 Å². The standard InChI is InChI=1S/C17H16N2O3S/c1-2-22-11-8-6-10(7-9-11)19-16(20)14-12-4-3-5-13(12)23-15(14)18-17(19)21/h6-9H,2-5H2,1H3,(H,18,21). The van der Waals surface area contributed by atoms with Crippen molar-refractivity contribution in [1.29, 1.82) is 0 Å². The highest BCUT2D eigenvalue weighted by Crippen LogP contribution is 2.34. The van der Waals surface area contributed by atoms with Gasteiger partial charge in [0.25, 0.3) is 5.56 Å². The lowest BCUT2D eigenvalue weighted by molar-refractivity contribution is 0.340. The maximum absolute atomic E-state index is 12.9. The van der Waals surface area contributed by atoms with Gasteiger partial charge in [0.05, 0.1) is 17.7 Å². The normalized spacial score (nSPS) is 13.4. The molecule has 1 aromatic carbocycles. The lowest BCUT2D eigenvalue weighted by Gasteiger charge is -2.07. The highest BCUT2D eigenvalue weighted by atomic mass is 32.1. The second kappa shape index (κ2) is 5.38. The van der Waals surface area contributed by atoms with E-state index in [0.29, 0.717) is 22.5 Å². The molecular weight excluding hydrogens is 312 g/mol. The van der Waals surface area contributed by atoms with Gasteiger partial charge in [0.1, 0.15) is 10.6 Å². The molecule has 0 unspecified atom stereocenters. The van der Waals surface area contributed by atoms with E-state index in [4.69, 9.17) is 4.74 Å². The zero-order chi connectivity index (χ0) is 16.0. The molecule has 5 nitrogen and oxygen atoms in total. The Balaban J connectivity index is 1.93. The molecule has 6 heteroatoms. The SMILES string of the molecule is CCOc1ccc(-n2c(=O)[nH]c3sc4c(c3c2=O)CCC4)cc1. The Labute approximate surface area is 136 Å². The Morgan fingerprint density at radius 3 is 2.74 bits per heavy atom. The molecule has 4 rings (SSSR count). The molecule has 0 radical (unpaired) electrons. The molecule has 0 atom stereocenters. The van der Waals surface area contributed by atoms with Gasteiger partial charge in [-0.3, -0.25) is 9.78 Å². The molecular formula is C17H16N2O3S. The van der Waals surface area contributed by atoms with Crippen LogP contribution in [0, 0.1) is 0 Å². The number of benzene rings is 1. The number of hydrogen-bond acceptors (Lipinski definition) is 4. The summed E-state index contributed by atoms with van der Waals surface area (Å²) in [6.45, 7) is 2.49. The number of aromatic nitrogens is 2. The first-order chi connectivity index (χ1) is 11.2. The number of H-pyrrole nitrogens is 1. The maximum Gasteiger partial charge on any atom is 0.334 e. The predicted molar refractivity (Wildman–Crippen MR) is 91.2 cm³/mol. The number of nitrogens with one attached hydrogen (secondary N) is 1. The zero-order valence-electron chi connectivity index (χ0n) is 12.7. The average molecular weight is 328 g/mol. The van der Waals surface area contributed by atoms with Gasteiger partial charge in [0.2, 0.25) is 0 Å². The third-order valence-electron chi connectivity index (χ3n) is 4.17. The van der Waals surface area contributed by atoms with Crippen molar-refractivity contribution >= 4 is 21.6 Å². The van der Waals surface area contributed by atoms with Crippen LogP contribution >= 0.6 is 11.3 Å². The third-order valence-corrected chi connectivity index (χ3v) is 5.37. The summed E-state index contributed by atoms with van der Waals surface area (Å²) >= 11 is 1.54. The van der Waals surface area contributed by atoms with Crippen LogP contribution in [0.5, 0.6) is 5.75 Å². The molecule has 118 valence electrons. The van der Waals surface area contributed by atoms with Crippen LogP contribution in [0.15, 0.2) is 33.9 Å². The minimum absolute atomic E-state index is 0.229. The van der Waals surface area contributed by atoms with Crippen molar-refractivity contribution in [3.05, 3.63) is 55.5 Å². The van der Waals surface area contributed by atoms with E-state index in [9.17, 15) is 9.59 Å². The Hall–Kier alpha value is -2.34. The summed E-state index contributed by atoms with van der Waals surface area (Å²) < 4.78 is 6.62. The molecule has 23 heavy (non-hydrogen) atoms. The van der Waals surface area contributed by atoms with Crippen LogP contribution in [0.3, 0.4) is 0 Å². The molecule has 1 aliphatic rings. The van der Waals surface area contributed by atoms with Gasteiger partial charge in [0, 0.05) is 4.88 Å². The van der Waals surface area contributed by atoms with Crippen LogP contribution < -0.4 is 16.0 Å². The fourth-order valence-electron chi connectivity index (χ4n) is 3.17. The number of fused-ring (bicyclic) bond motifs is 3. The van der Waals surface area contributed by atoms with Gasteiger partial charge in [-0.1, -0.05) is 0 Å². The van der Waals surface area contributed by atoms with E-state index in [1.54, 1.807) is 24.3 Å². The van der Waals surface area contributed by atoms with Gasteiger partial charge >= 0.3 is 5.69 Å². The lowest BCUT2D eigenvalue weighted by atomic mass is 10.2. The van der Waals surface area contributed by atoms with E-state index >= 15 is 0 Å². The van der Waals surface area contributed by atoms with E-state index in [0.717, 1.165) is 30.6 Å². The molecule has 0 saturated heterocycles. The Kier molecular flexibility index (Phi) is 3.34. The Morgan fingerprint density at radius 1 is 1.22 bits per heavy atom. The first-order valence-corrected chi connectivity index (χ1v) is 8.53. The first kappa shape index (κ1) is 14.3. The molecule has 0 amide bonds. The minimum atomic E-state index is -0.397. The number of aryl methyl sites for hydroxylation is 2. The van der Waals surface area contributed by atoms with Gasteiger partial charge in [-0.25, -0.2) is 9.36 Å². The molecule has 1 aliphatic carbocycles. The molecule has 2 aromatic heterocycles. The quantitative estimate of drug-likeness (QED) is 0.804. The molecule has 0 aliphatic heterocycles. The molecule has 0 spiro atoms. The van der Waals surface area contributed by atoms with E-state index in [1.165, 1.54) is 20.8 Å². The molecule has 0 bridgehead atoms. The summed E-state index contributed by atoms with van der Waals surface area (Å²) in [5.74, 6) is 0.721. The monoisotopic (exact) mass is 328 g/mol. The van der Waals surface area contributed by atoms with Crippen molar-refractivity contribution in [1.82, 2.24) is 9.55 Å². The number of aromatic amines is 1. The van der Waals surface area contributed by atoms with E-state index in [2.05, 4.69) is 4.98 Å². The number of rotatable bonds is 3. The molecule has 3 aromatic rings. The Morgan fingerprint density at radius 2 is 2.00 bits per heavy atom. The van der Waals surface area contributed by atoms with Crippen LogP contribution in [0.4, 0.5) is 0 Å². The summed E-state index contributed by atoms with van der Waals surface area (Å²) in [6.07, 6.45) is 3.00. The second-order valence-electron chi connectivity index (χ2n) is 5.56. The zero-order valence-corrected chi connectivity index (χ0v) is 13.5. The molecule has 1 N–H and O–H groups in total. The van der Waals surface area contributed by atoms with Crippen molar-refractivity contribution in [2.45, 2.75) is 26.2 Å². The van der Waals surface area contributed by atoms with Crippen LogP contribution in [0.2, 0.25) is 0 Å². The minimum Gasteiger partial charge on any atom is -0.494 e. The maximum atomic E-state index is 12.9. The average Bonchev–Trinajstić information content (AvgIpc) is 3.09. The van der Waals surface area contributed by atoms with Crippen LogP contribution in [-0.4, -0.2) is 16.2 Å². The highest BCUT2D eigenvalue weighted by Gasteiger charge is 2.22. The number of ether oxygens (including phenoxy) is 1. The first-order valence-electron chi connectivity index (χ1n) is 7.72. The topological polar surface area (TPSA) is 64.1 Å². The van der Waals surface area contributed by atoms with Gasteiger partial charge < -0.3 is 4.74 Å². The van der Waals surface area contributed by atoms with E-state index < -0.39 is 5.69 Å². The van der Waals surface area contributed by atoms with Crippen molar-refractivity contribution < 1.29 is 4.74 Å². The third kappa shape index (κ3) is 2.21. The lowest BCUT2D eigenvalue weighted by Crippen LogP contribution is -2.33. The molecule has 2 heterocycles. The van der Waals surface area contributed by atoms with Gasteiger partial charge in [-0.15, -0.1) is 11.3 Å². The van der Waals surface area contributed by atoms with Gasteiger partial charge in [-0.05, 0) is 56.0 Å². The van der Waals surface area contributed by atoms with E-state index in [1.807, 2.05) is 6.92 Å². The largest absolute Gasteiger partial charge is 0.494 e. The smallest absolute Gasteiger partial charge is 0.334 e. The van der Waals surface area contributed by atoms with E-state index in [-0.39, 0.29) is 5.56 Å².